The number of carbonyl (C=O) groups excluding carboxylic acids is 1. The number of aromatic nitrogens is 2. The summed E-state index contributed by atoms with van der Waals surface area (Å²) in [6.07, 6.45) is 3.16. The van der Waals surface area contributed by atoms with Crippen molar-refractivity contribution in [3.63, 3.8) is 0 Å². The van der Waals surface area contributed by atoms with Crippen LogP contribution in [0.4, 0.5) is 0 Å². The zero-order valence-electron chi connectivity index (χ0n) is 10.1. The van der Waals surface area contributed by atoms with Crippen molar-refractivity contribution in [2.75, 3.05) is 20.3 Å². The number of methoxy groups -OCH3 is 1. The number of nitrogens with zero attached hydrogens (tertiary/aromatic N) is 2. The zero-order chi connectivity index (χ0) is 12.5. The van der Waals surface area contributed by atoms with Gasteiger partial charge in [0, 0.05) is 26.4 Å². The minimum Gasteiger partial charge on any atom is -0.383 e. The van der Waals surface area contributed by atoms with E-state index in [2.05, 4.69) is 20.6 Å². The van der Waals surface area contributed by atoms with Gasteiger partial charge in [0.15, 0.2) is 0 Å². The Morgan fingerprint density at radius 2 is 2.41 bits per heavy atom. The van der Waals surface area contributed by atoms with Crippen molar-refractivity contribution < 1.29 is 9.53 Å². The predicted octanol–water partition coefficient (Wildman–Crippen LogP) is -0.283. The third-order valence-corrected chi connectivity index (χ3v) is 2.23. The van der Waals surface area contributed by atoms with Gasteiger partial charge < -0.3 is 15.4 Å². The molecule has 1 amide bonds. The number of carbonyl (C=O) groups is 1. The van der Waals surface area contributed by atoms with Gasteiger partial charge in [0.2, 0.25) is 5.91 Å². The van der Waals surface area contributed by atoms with Gasteiger partial charge in [0.25, 0.3) is 0 Å². The summed E-state index contributed by atoms with van der Waals surface area (Å²) in [6.45, 7) is 3.39. The molecule has 0 aliphatic heterocycles. The maximum absolute atomic E-state index is 11.6. The summed E-state index contributed by atoms with van der Waals surface area (Å²) in [4.78, 5) is 19.5. The van der Waals surface area contributed by atoms with Gasteiger partial charge in [-0.25, -0.2) is 9.97 Å². The molecule has 0 bridgehead atoms. The molecule has 1 aromatic heterocycles. The quantitative estimate of drug-likeness (QED) is 0.639. The van der Waals surface area contributed by atoms with E-state index < -0.39 is 0 Å². The van der Waals surface area contributed by atoms with Crippen LogP contribution in [0.25, 0.3) is 0 Å². The van der Waals surface area contributed by atoms with Crippen molar-refractivity contribution in [3.8, 4) is 0 Å². The van der Waals surface area contributed by atoms with Crippen LogP contribution in [0.1, 0.15) is 12.6 Å². The van der Waals surface area contributed by atoms with E-state index in [9.17, 15) is 4.79 Å². The fraction of sp³-hybridized carbons (Fsp3) is 0.545. The first-order valence-corrected chi connectivity index (χ1v) is 5.49. The maximum Gasteiger partial charge on any atom is 0.236 e. The van der Waals surface area contributed by atoms with Gasteiger partial charge in [0.05, 0.1) is 18.3 Å². The van der Waals surface area contributed by atoms with Gasteiger partial charge in [0.1, 0.15) is 6.33 Å². The van der Waals surface area contributed by atoms with E-state index in [1.54, 1.807) is 13.3 Å². The molecule has 6 heteroatoms. The van der Waals surface area contributed by atoms with E-state index in [0.717, 1.165) is 5.69 Å². The fourth-order valence-electron chi connectivity index (χ4n) is 1.20. The Bertz CT molecular complexity index is 332. The molecule has 0 fully saturated rings. The SMILES string of the molecule is COCCNC(=O)C(C)NCc1ccncn1. The topological polar surface area (TPSA) is 76.1 Å². The molecule has 0 aromatic carbocycles. The average Bonchev–Trinajstić information content (AvgIpc) is 2.37. The van der Waals surface area contributed by atoms with Gasteiger partial charge in [-0.1, -0.05) is 0 Å². The summed E-state index contributed by atoms with van der Waals surface area (Å²) < 4.78 is 4.85. The van der Waals surface area contributed by atoms with Crippen molar-refractivity contribution in [2.24, 2.45) is 0 Å². The smallest absolute Gasteiger partial charge is 0.236 e. The van der Waals surface area contributed by atoms with Crippen molar-refractivity contribution >= 4 is 5.91 Å². The van der Waals surface area contributed by atoms with Crippen LogP contribution in [0.5, 0.6) is 0 Å². The van der Waals surface area contributed by atoms with E-state index in [0.29, 0.717) is 19.7 Å². The third kappa shape index (κ3) is 5.37. The van der Waals surface area contributed by atoms with Crippen LogP contribution in [0.3, 0.4) is 0 Å². The normalized spacial score (nSPS) is 12.1. The fourth-order valence-corrected chi connectivity index (χ4v) is 1.20. The summed E-state index contributed by atoms with van der Waals surface area (Å²) in [6, 6.07) is 1.55. The first-order chi connectivity index (χ1) is 8.24. The lowest BCUT2D eigenvalue weighted by atomic mass is 10.3. The van der Waals surface area contributed by atoms with Gasteiger partial charge >= 0.3 is 0 Å². The largest absolute Gasteiger partial charge is 0.383 e. The molecule has 1 rings (SSSR count). The lowest BCUT2D eigenvalue weighted by molar-refractivity contribution is -0.122. The summed E-state index contributed by atoms with van der Waals surface area (Å²) in [5.41, 5.74) is 0.858. The summed E-state index contributed by atoms with van der Waals surface area (Å²) in [5, 5.41) is 5.84. The van der Waals surface area contributed by atoms with Crippen molar-refractivity contribution in [1.29, 1.82) is 0 Å². The van der Waals surface area contributed by atoms with E-state index in [-0.39, 0.29) is 11.9 Å². The highest BCUT2D eigenvalue weighted by atomic mass is 16.5. The van der Waals surface area contributed by atoms with E-state index in [4.69, 9.17) is 4.74 Å². The highest BCUT2D eigenvalue weighted by Crippen LogP contribution is 1.91. The standard InChI is InChI=1S/C11H18N4O2/c1-9(11(16)13-5-6-17-2)14-7-10-3-4-12-8-15-10/h3-4,8-9,14H,5-7H2,1-2H3,(H,13,16). The van der Waals surface area contributed by atoms with Crippen molar-refractivity contribution in [1.82, 2.24) is 20.6 Å². The molecule has 1 heterocycles. The first kappa shape index (κ1) is 13.5. The molecule has 0 saturated heterocycles. The minimum absolute atomic E-state index is 0.0453. The van der Waals surface area contributed by atoms with Crippen LogP contribution >= 0.6 is 0 Å². The second-order valence-corrected chi connectivity index (χ2v) is 3.59. The van der Waals surface area contributed by atoms with E-state index in [1.807, 2.05) is 13.0 Å². The second kappa shape index (κ2) is 7.70. The Labute approximate surface area is 101 Å². The monoisotopic (exact) mass is 238 g/mol. The number of rotatable bonds is 7. The van der Waals surface area contributed by atoms with E-state index >= 15 is 0 Å². The number of ether oxygens (including phenoxy) is 1. The zero-order valence-corrected chi connectivity index (χ0v) is 10.1. The molecule has 94 valence electrons. The highest BCUT2D eigenvalue weighted by Gasteiger charge is 2.11. The van der Waals surface area contributed by atoms with Gasteiger partial charge in [-0.2, -0.15) is 0 Å². The molecule has 0 radical (unpaired) electrons. The van der Waals surface area contributed by atoms with Crippen LogP contribution in [-0.2, 0) is 16.1 Å². The Balaban J connectivity index is 2.24. The Morgan fingerprint density at radius 3 is 3.06 bits per heavy atom. The molecular formula is C11H18N4O2. The Kier molecular flexibility index (Phi) is 6.13. The van der Waals surface area contributed by atoms with Crippen LogP contribution in [-0.4, -0.2) is 42.2 Å². The Hall–Kier alpha value is -1.53. The molecule has 2 N–H and O–H groups in total. The molecule has 0 aliphatic rings. The predicted molar refractivity (Wildman–Crippen MR) is 63.2 cm³/mol. The third-order valence-electron chi connectivity index (χ3n) is 2.23. The summed E-state index contributed by atoms with van der Waals surface area (Å²) >= 11 is 0. The number of amides is 1. The molecule has 0 saturated carbocycles. The van der Waals surface area contributed by atoms with Crippen molar-refractivity contribution in [2.45, 2.75) is 19.5 Å². The van der Waals surface area contributed by atoms with E-state index in [1.165, 1.54) is 6.33 Å². The van der Waals surface area contributed by atoms with Gasteiger partial charge in [-0.3, -0.25) is 4.79 Å². The van der Waals surface area contributed by atoms with Crippen molar-refractivity contribution in [3.05, 3.63) is 24.3 Å². The molecular weight excluding hydrogens is 220 g/mol. The molecule has 17 heavy (non-hydrogen) atoms. The second-order valence-electron chi connectivity index (χ2n) is 3.59. The Morgan fingerprint density at radius 1 is 1.59 bits per heavy atom. The lowest BCUT2D eigenvalue weighted by Crippen LogP contribution is -2.42. The first-order valence-electron chi connectivity index (χ1n) is 5.49. The molecule has 0 spiro atoms. The molecule has 0 aliphatic carbocycles. The summed E-state index contributed by atoms with van der Waals surface area (Å²) in [7, 11) is 1.60. The van der Waals surface area contributed by atoms with Gasteiger partial charge in [-0.15, -0.1) is 0 Å². The highest BCUT2D eigenvalue weighted by molar-refractivity contribution is 5.81. The van der Waals surface area contributed by atoms with Gasteiger partial charge in [-0.05, 0) is 13.0 Å². The van der Waals surface area contributed by atoms with Crippen LogP contribution in [0.2, 0.25) is 0 Å². The van der Waals surface area contributed by atoms with Crippen LogP contribution < -0.4 is 10.6 Å². The van der Waals surface area contributed by atoms with Crippen LogP contribution in [0.15, 0.2) is 18.6 Å². The number of hydrogen-bond donors (Lipinski definition) is 2. The molecule has 6 nitrogen and oxygen atoms in total. The number of nitrogens with one attached hydrogen (secondary N) is 2. The summed E-state index contributed by atoms with van der Waals surface area (Å²) in [5.74, 6) is -0.0453. The maximum atomic E-state index is 11.6. The molecule has 1 aromatic rings. The lowest BCUT2D eigenvalue weighted by Gasteiger charge is -2.13. The average molecular weight is 238 g/mol. The molecule has 1 unspecified atom stereocenters. The van der Waals surface area contributed by atoms with Crippen LogP contribution in [0, 0.1) is 0 Å². The minimum atomic E-state index is -0.262. The number of hydrogen-bond acceptors (Lipinski definition) is 5. The molecule has 1 atom stereocenters.